The van der Waals surface area contributed by atoms with E-state index in [1.54, 1.807) is 24.3 Å². The highest BCUT2D eigenvalue weighted by molar-refractivity contribution is 6.07. The maximum Gasteiger partial charge on any atom is 0.322 e. The first-order chi connectivity index (χ1) is 8.54. The first-order valence-corrected chi connectivity index (χ1v) is 5.73. The molecule has 0 spiro atoms. The molecule has 2 rings (SSSR count). The number of carbonyl (C=O) groups excluding carboxylic acids is 3. The van der Waals surface area contributed by atoms with E-state index in [0.717, 1.165) is 0 Å². The molecule has 1 aliphatic rings. The third-order valence-corrected chi connectivity index (χ3v) is 3.06. The van der Waals surface area contributed by atoms with Gasteiger partial charge in [-0.25, -0.2) is 4.79 Å². The predicted molar refractivity (Wildman–Crippen MR) is 64.7 cm³/mol. The lowest BCUT2D eigenvalue weighted by Gasteiger charge is -2.26. The van der Waals surface area contributed by atoms with E-state index in [0.29, 0.717) is 5.56 Å². The zero-order valence-electron chi connectivity index (χ0n) is 10.0. The number of Topliss-reactive ketones (excluding diaryl/α,β-unsaturated/α-hetero) is 1. The fraction of sp³-hybridized carbons (Fsp3) is 0.308. The molecular weight excluding hydrogens is 232 g/mol. The summed E-state index contributed by atoms with van der Waals surface area (Å²) in [7, 11) is 0. The lowest BCUT2D eigenvalue weighted by Crippen LogP contribution is -2.44. The quantitative estimate of drug-likeness (QED) is 0.781. The van der Waals surface area contributed by atoms with Crippen LogP contribution in [0.5, 0.6) is 0 Å². The van der Waals surface area contributed by atoms with Crippen molar-refractivity contribution in [3.8, 4) is 0 Å². The van der Waals surface area contributed by atoms with Gasteiger partial charge in [0, 0.05) is 6.42 Å². The molecule has 0 aromatic heterocycles. The monoisotopic (exact) mass is 246 g/mol. The topological polar surface area (TPSA) is 75.3 Å². The zero-order chi connectivity index (χ0) is 13.2. The predicted octanol–water partition coefficient (Wildman–Crippen LogP) is 1.09. The summed E-state index contributed by atoms with van der Waals surface area (Å²) in [4.78, 5) is 34.5. The Morgan fingerprint density at radius 2 is 1.89 bits per heavy atom. The molecule has 1 heterocycles. The summed E-state index contributed by atoms with van der Waals surface area (Å²) in [6, 6.07) is 8.44. The SMILES string of the molecule is CC(=O)CCC1(c2ccccc2)NC(=O)NC1=O. The Morgan fingerprint density at radius 1 is 1.22 bits per heavy atom. The van der Waals surface area contributed by atoms with E-state index in [1.807, 2.05) is 6.07 Å². The van der Waals surface area contributed by atoms with Crippen LogP contribution in [0.3, 0.4) is 0 Å². The van der Waals surface area contributed by atoms with E-state index in [-0.39, 0.29) is 18.6 Å². The van der Waals surface area contributed by atoms with Crippen LogP contribution in [0.2, 0.25) is 0 Å². The van der Waals surface area contributed by atoms with E-state index in [4.69, 9.17) is 0 Å². The fourth-order valence-corrected chi connectivity index (χ4v) is 2.10. The second-order valence-corrected chi connectivity index (χ2v) is 4.38. The van der Waals surface area contributed by atoms with Gasteiger partial charge in [0.15, 0.2) is 0 Å². The molecule has 94 valence electrons. The highest BCUT2D eigenvalue weighted by Gasteiger charge is 2.47. The second kappa shape index (κ2) is 4.60. The molecule has 0 aliphatic carbocycles. The molecule has 1 atom stereocenters. The summed E-state index contributed by atoms with van der Waals surface area (Å²) in [5.41, 5.74) is -0.432. The molecular formula is C13H14N2O3. The number of imide groups is 1. The second-order valence-electron chi connectivity index (χ2n) is 4.38. The number of benzene rings is 1. The normalized spacial score (nSPS) is 22.5. The molecule has 2 N–H and O–H groups in total. The summed E-state index contributed by atoms with van der Waals surface area (Å²) in [5, 5.41) is 4.87. The smallest absolute Gasteiger partial charge is 0.319 e. The number of ketones is 1. The van der Waals surface area contributed by atoms with Crippen molar-refractivity contribution in [2.24, 2.45) is 0 Å². The number of hydrogen-bond acceptors (Lipinski definition) is 3. The summed E-state index contributed by atoms with van der Waals surface area (Å²) in [5.74, 6) is -0.417. The van der Waals surface area contributed by atoms with Crippen molar-refractivity contribution < 1.29 is 14.4 Å². The van der Waals surface area contributed by atoms with Gasteiger partial charge < -0.3 is 10.1 Å². The first kappa shape index (κ1) is 12.3. The van der Waals surface area contributed by atoms with Crippen molar-refractivity contribution in [2.75, 3.05) is 0 Å². The van der Waals surface area contributed by atoms with Crippen molar-refractivity contribution in [1.29, 1.82) is 0 Å². The largest absolute Gasteiger partial charge is 0.322 e. The van der Waals surface area contributed by atoms with E-state index >= 15 is 0 Å². The number of nitrogens with one attached hydrogen (secondary N) is 2. The summed E-state index contributed by atoms with van der Waals surface area (Å²) >= 11 is 0. The Morgan fingerprint density at radius 3 is 2.39 bits per heavy atom. The van der Waals surface area contributed by atoms with Gasteiger partial charge in [-0.3, -0.25) is 10.1 Å². The Bertz CT molecular complexity index is 498. The molecule has 1 aliphatic heterocycles. The molecule has 0 radical (unpaired) electrons. The van der Waals surface area contributed by atoms with Crippen molar-refractivity contribution in [3.63, 3.8) is 0 Å². The minimum atomic E-state index is -1.12. The van der Waals surface area contributed by atoms with Gasteiger partial charge in [0.25, 0.3) is 5.91 Å². The maximum atomic E-state index is 12.0. The van der Waals surface area contributed by atoms with Gasteiger partial charge in [-0.05, 0) is 18.9 Å². The van der Waals surface area contributed by atoms with Crippen LogP contribution in [-0.2, 0) is 15.1 Å². The van der Waals surface area contributed by atoms with E-state index in [9.17, 15) is 14.4 Å². The Labute approximate surface area is 105 Å². The Balaban J connectivity index is 2.37. The molecule has 0 saturated carbocycles. The molecule has 3 amide bonds. The third-order valence-electron chi connectivity index (χ3n) is 3.06. The average Bonchev–Trinajstić information content (AvgIpc) is 2.64. The number of urea groups is 1. The molecule has 5 nitrogen and oxygen atoms in total. The maximum absolute atomic E-state index is 12.0. The molecule has 0 bridgehead atoms. The van der Waals surface area contributed by atoms with Gasteiger partial charge in [0.1, 0.15) is 11.3 Å². The summed E-state index contributed by atoms with van der Waals surface area (Å²) in [6.45, 7) is 1.47. The third kappa shape index (κ3) is 2.11. The Kier molecular flexibility index (Phi) is 3.14. The van der Waals surface area contributed by atoms with Crippen molar-refractivity contribution in [2.45, 2.75) is 25.3 Å². The standard InChI is InChI=1S/C13H14N2O3/c1-9(16)7-8-13(10-5-3-2-4-6-10)11(17)14-12(18)15-13/h2-6H,7-8H2,1H3,(H2,14,15,17,18). The minimum Gasteiger partial charge on any atom is -0.319 e. The first-order valence-electron chi connectivity index (χ1n) is 5.73. The van der Waals surface area contributed by atoms with Crippen LogP contribution in [0.15, 0.2) is 30.3 Å². The van der Waals surface area contributed by atoms with Gasteiger partial charge in [0.2, 0.25) is 0 Å². The lowest BCUT2D eigenvalue weighted by atomic mass is 9.85. The molecule has 1 aromatic carbocycles. The highest BCUT2D eigenvalue weighted by Crippen LogP contribution is 2.29. The number of rotatable bonds is 4. The molecule has 1 saturated heterocycles. The number of amides is 3. The Hall–Kier alpha value is -2.17. The van der Waals surface area contributed by atoms with Crippen LogP contribution < -0.4 is 10.6 Å². The van der Waals surface area contributed by atoms with Crippen LogP contribution in [0.4, 0.5) is 4.79 Å². The fourth-order valence-electron chi connectivity index (χ4n) is 2.10. The van der Waals surface area contributed by atoms with Crippen molar-refractivity contribution in [1.82, 2.24) is 10.6 Å². The molecule has 18 heavy (non-hydrogen) atoms. The van der Waals surface area contributed by atoms with Gasteiger partial charge in [0.05, 0.1) is 0 Å². The lowest BCUT2D eigenvalue weighted by molar-refractivity contribution is -0.125. The van der Waals surface area contributed by atoms with E-state index < -0.39 is 17.5 Å². The molecule has 1 unspecified atom stereocenters. The molecule has 1 fully saturated rings. The molecule has 1 aromatic rings. The van der Waals surface area contributed by atoms with Crippen LogP contribution in [0, 0.1) is 0 Å². The average molecular weight is 246 g/mol. The van der Waals surface area contributed by atoms with Crippen molar-refractivity contribution in [3.05, 3.63) is 35.9 Å². The van der Waals surface area contributed by atoms with Gasteiger partial charge in [-0.1, -0.05) is 30.3 Å². The highest BCUT2D eigenvalue weighted by atomic mass is 16.2. The molecule has 5 heteroatoms. The van der Waals surface area contributed by atoms with Crippen molar-refractivity contribution >= 4 is 17.7 Å². The summed E-state index contributed by atoms with van der Waals surface area (Å²) in [6.07, 6.45) is 0.506. The van der Waals surface area contributed by atoms with Crippen LogP contribution in [-0.4, -0.2) is 17.7 Å². The summed E-state index contributed by atoms with van der Waals surface area (Å²) < 4.78 is 0. The number of carbonyl (C=O) groups is 3. The van der Waals surface area contributed by atoms with Gasteiger partial charge in [-0.15, -0.1) is 0 Å². The van der Waals surface area contributed by atoms with E-state index in [2.05, 4.69) is 10.6 Å². The minimum absolute atomic E-state index is 0.0146. The zero-order valence-corrected chi connectivity index (χ0v) is 10.0. The number of hydrogen-bond donors (Lipinski definition) is 2. The van der Waals surface area contributed by atoms with Crippen LogP contribution in [0.1, 0.15) is 25.3 Å². The van der Waals surface area contributed by atoms with Gasteiger partial charge in [-0.2, -0.15) is 0 Å². The van der Waals surface area contributed by atoms with Crippen LogP contribution >= 0.6 is 0 Å². The van der Waals surface area contributed by atoms with Crippen LogP contribution in [0.25, 0.3) is 0 Å². The van der Waals surface area contributed by atoms with Gasteiger partial charge >= 0.3 is 6.03 Å². The van der Waals surface area contributed by atoms with E-state index in [1.165, 1.54) is 6.92 Å².